The Hall–Kier alpha value is 0.300. The molecule has 1 aliphatic rings. The van der Waals surface area contributed by atoms with Crippen molar-refractivity contribution in [3.63, 3.8) is 0 Å². The molecule has 1 aromatic carbocycles. The van der Waals surface area contributed by atoms with Gasteiger partial charge in [-0.05, 0) is 24.1 Å². The van der Waals surface area contributed by atoms with E-state index in [9.17, 15) is 5.11 Å². The smallest absolute Gasteiger partial charge is 0.0788 e. The Bertz CT molecular complexity index is 399. The fraction of sp³-hybridized carbons (Fsp3) is 0.500. The summed E-state index contributed by atoms with van der Waals surface area (Å²) < 4.78 is 0.974. The van der Waals surface area contributed by atoms with Crippen LogP contribution in [0.1, 0.15) is 18.9 Å². The number of thioether (sulfide) groups is 1. The second-order valence-corrected chi connectivity index (χ2v) is 7.21. The lowest BCUT2D eigenvalue weighted by atomic mass is 9.92. The van der Waals surface area contributed by atoms with E-state index in [0.29, 0.717) is 11.7 Å². The van der Waals surface area contributed by atoms with Crippen molar-refractivity contribution in [3.05, 3.63) is 33.3 Å². The predicted octanol–water partition coefficient (Wildman–Crippen LogP) is 3.90. The van der Waals surface area contributed by atoms with Crippen LogP contribution in [0.15, 0.2) is 22.7 Å². The van der Waals surface area contributed by atoms with Crippen molar-refractivity contribution in [1.82, 2.24) is 0 Å². The van der Waals surface area contributed by atoms with E-state index in [0.717, 1.165) is 27.2 Å². The van der Waals surface area contributed by atoms with Crippen molar-refractivity contribution in [2.45, 2.75) is 30.6 Å². The first-order valence-electron chi connectivity index (χ1n) is 5.26. The van der Waals surface area contributed by atoms with Gasteiger partial charge in [-0.2, -0.15) is 11.8 Å². The minimum Gasteiger partial charge on any atom is -0.389 e. The lowest BCUT2D eigenvalue weighted by Crippen LogP contribution is -2.31. The highest BCUT2D eigenvalue weighted by Crippen LogP contribution is 2.37. The van der Waals surface area contributed by atoms with Crippen LogP contribution >= 0.6 is 39.3 Å². The first-order chi connectivity index (χ1) is 7.48. The van der Waals surface area contributed by atoms with Gasteiger partial charge in [0.2, 0.25) is 0 Å². The highest BCUT2D eigenvalue weighted by atomic mass is 79.9. The van der Waals surface area contributed by atoms with E-state index < -0.39 is 5.60 Å². The van der Waals surface area contributed by atoms with Crippen LogP contribution in [0, 0.1) is 0 Å². The maximum atomic E-state index is 10.4. The van der Waals surface area contributed by atoms with Crippen molar-refractivity contribution >= 4 is 39.3 Å². The summed E-state index contributed by atoms with van der Waals surface area (Å²) in [6.07, 6.45) is 1.50. The molecular weight excluding hydrogens is 308 g/mol. The number of benzene rings is 1. The zero-order valence-electron chi connectivity index (χ0n) is 9.04. The Labute approximate surface area is 114 Å². The minimum absolute atomic E-state index is 0.541. The van der Waals surface area contributed by atoms with Crippen LogP contribution in [0.25, 0.3) is 0 Å². The Morgan fingerprint density at radius 1 is 1.62 bits per heavy atom. The monoisotopic (exact) mass is 320 g/mol. The van der Waals surface area contributed by atoms with E-state index in [-0.39, 0.29) is 0 Å². The maximum Gasteiger partial charge on any atom is 0.0788 e. The third-order valence-electron chi connectivity index (χ3n) is 2.84. The summed E-state index contributed by atoms with van der Waals surface area (Å²) >= 11 is 11.4. The highest BCUT2D eigenvalue weighted by molar-refractivity contribution is 9.10. The van der Waals surface area contributed by atoms with E-state index >= 15 is 0 Å². The molecular formula is C12H14BrClOS. The molecule has 2 atom stereocenters. The van der Waals surface area contributed by atoms with Crippen LogP contribution in [0.5, 0.6) is 0 Å². The molecule has 0 amide bonds. The molecule has 0 bridgehead atoms. The average Bonchev–Trinajstić information content (AvgIpc) is 2.52. The van der Waals surface area contributed by atoms with Gasteiger partial charge in [0.25, 0.3) is 0 Å². The zero-order valence-corrected chi connectivity index (χ0v) is 12.2. The zero-order chi connectivity index (χ0) is 11.8. The molecule has 2 rings (SSSR count). The Morgan fingerprint density at radius 3 is 2.94 bits per heavy atom. The third-order valence-corrected chi connectivity index (χ3v) is 5.12. The molecule has 0 saturated carbocycles. The summed E-state index contributed by atoms with van der Waals surface area (Å²) in [6.45, 7) is 2.16. The van der Waals surface area contributed by atoms with Crippen LogP contribution in [0.3, 0.4) is 0 Å². The molecule has 1 aromatic rings. The van der Waals surface area contributed by atoms with Crippen LogP contribution in [-0.2, 0) is 6.42 Å². The molecule has 88 valence electrons. The number of aliphatic hydroxyl groups is 1. The Morgan fingerprint density at radius 2 is 2.38 bits per heavy atom. The number of rotatable bonds is 2. The largest absolute Gasteiger partial charge is 0.389 e. The number of halogens is 2. The molecule has 4 heteroatoms. The minimum atomic E-state index is -0.582. The molecule has 2 unspecified atom stereocenters. The van der Waals surface area contributed by atoms with Crippen LogP contribution in [-0.4, -0.2) is 21.7 Å². The fourth-order valence-corrected chi connectivity index (χ4v) is 4.08. The van der Waals surface area contributed by atoms with Gasteiger partial charge in [0, 0.05) is 26.9 Å². The quantitative estimate of drug-likeness (QED) is 0.891. The lowest BCUT2D eigenvalue weighted by molar-refractivity contribution is 0.0643. The standard InChI is InChI=1S/C12H14BrClOS/c1-8-5-12(15,7-16-8)6-9-2-3-10(13)4-11(9)14/h2-4,8,15H,5-7H2,1H3. The van der Waals surface area contributed by atoms with Gasteiger partial charge in [0.15, 0.2) is 0 Å². The fourth-order valence-electron chi connectivity index (χ4n) is 2.09. The SMILES string of the molecule is CC1CC(O)(Cc2ccc(Br)cc2Cl)CS1. The highest BCUT2D eigenvalue weighted by Gasteiger charge is 2.36. The normalized spacial score (nSPS) is 29.6. The molecule has 1 saturated heterocycles. The van der Waals surface area contributed by atoms with Gasteiger partial charge in [-0.25, -0.2) is 0 Å². The summed E-state index contributed by atoms with van der Waals surface area (Å²) in [4.78, 5) is 0. The van der Waals surface area contributed by atoms with Crippen molar-refractivity contribution < 1.29 is 5.11 Å². The molecule has 1 aliphatic heterocycles. The summed E-state index contributed by atoms with van der Waals surface area (Å²) in [7, 11) is 0. The first kappa shape index (κ1) is 12.7. The molecule has 16 heavy (non-hydrogen) atoms. The second-order valence-electron chi connectivity index (χ2n) is 4.46. The molecule has 0 aromatic heterocycles. The Kier molecular flexibility index (Phi) is 3.89. The van der Waals surface area contributed by atoms with Gasteiger partial charge in [-0.1, -0.05) is 40.5 Å². The van der Waals surface area contributed by atoms with Crippen LogP contribution < -0.4 is 0 Å². The van der Waals surface area contributed by atoms with Gasteiger partial charge in [0.1, 0.15) is 0 Å². The average molecular weight is 322 g/mol. The lowest BCUT2D eigenvalue weighted by Gasteiger charge is -2.22. The molecule has 0 spiro atoms. The van der Waals surface area contributed by atoms with Gasteiger partial charge in [0.05, 0.1) is 5.60 Å². The molecule has 0 aliphatic carbocycles. The van der Waals surface area contributed by atoms with Crippen molar-refractivity contribution in [2.24, 2.45) is 0 Å². The second kappa shape index (κ2) is 4.89. The third kappa shape index (κ3) is 2.95. The number of hydrogen-bond donors (Lipinski definition) is 1. The van der Waals surface area contributed by atoms with E-state index in [4.69, 9.17) is 11.6 Å². The summed E-state index contributed by atoms with van der Waals surface area (Å²) in [5.41, 5.74) is 0.448. The molecule has 0 radical (unpaired) electrons. The Balaban J connectivity index is 2.14. The van der Waals surface area contributed by atoms with Gasteiger partial charge >= 0.3 is 0 Å². The molecule has 1 heterocycles. The summed E-state index contributed by atoms with van der Waals surface area (Å²) in [6, 6.07) is 5.83. The summed E-state index contributed by atoms with van der Waals surface area (Å²) in [5, 5.41) is 11.7. The van der Waals surface area contributed by atoms with Gasteiger partial charge in [-0.15, -0.1) is 0 Å². The summed E-state index contributed by atoms with van der Waals surface area (Å²) in [5.74, 6) is 0.806. The van der Waals surface area contributed by atoms with Gasteiger partial charge in [-0.3, -0.25) is 0 Å². The van der Waals surface area contributed by atoms with Gasteiger partial charge < -0.3 is 5.11 Å². The van der Waals surface area contributed by atoms with E-state index in [2.05, 4.69) is 22.9 Å². The molecule has 1 N–H and O–H groups in total. The van der Waals surface area contributed by atoms with E-state index in [1.54, 1.807) is 0 Å². The maximum absolute atomic E-state index is 10.4. The van der Waals surface area contributed by atoms with Crippen molar-refractivity contribution in [1.29, 1.82) is 0 Å². The van der Waals surface area contributed by atoms with Crippen molar-refractivity contribution in [3.8, 4) is 0 Å². The van der Waals surface area contributed by atoms with E-state index in [1.807, 2.05) is 30.0 Å². The topological polar surface area (TPSA) is 20.2 Å². The van der Waals surface area contributed by atoms with E-state index in [1.165, 1.54) is 0 Å². The molecule has 1 fully saturated rings. The van der Waals surface area contributed by atoms with Crippen molar-refractivity contribution in [2.75, 3.05) is 5.75 Å². The molecule has 1 nitrogen and oxygen atoms in total. The van der Waals surface area contributed by atoms with Crippen LogP contribution in [0.4, 0.5) is 0 Å². The first-order valence-corrected chi connectivity index (χ1v) is 7.48. The number of hydrogen-bond acceptors (Lipinski definition) is 2. The predicted molar refractivity (Wildman–Crippen MR) is 74.3 cm³/mol. The van der Waals surface area contributed by atoms with Crippen LogP contribution in [0.2, 0.25) is 5.02 Å².